The quantitative estimate of drug-likeness (QED) is 0.324. The summed E-state index contributed by atoms with van der Waals surface area (Å²) in [6.45, 7) is 2.33. The summed E-state index contributed by atoms with van der Waals surface area (Å²) >= 11 is 1.38. The van der Waals surface area contributed by atoms with Gasteiger partial charge in [-0.2, -0.15) is 8.42 Å². The van der Waals surface area contributed by atoms with Crippen LogP contribution in [0.4, 0.5) is 5.82 Å². The topological polar surface area (TPSA) is 163 Å². The Morgan fingerprint density at radius 1 is 1.28 bits per heavy atom. The van der Waals surface area contributed by atoms with Crippen molar-refractivity contribution in [2.24, 2.45) is 11.1 Å². The molecule has 2 unspecified atom stereocenters. The highest BCUT2D eigenvalue weighted by Crippen LogP contribution is 2.40. The zero-order valence-electron chi connectivity index (χ0n) is 21.5. The number of ether oxygens (including phenoxy) is 2. The minimum Gasteiger partial charge on any atom is -0.497 e. The van der Waals surface area contributed by atoms with Gasteiger partial charge in [-0.1, -0.05) is 6.07 Å². The number of anilines is 1. The van der Waals surface area contributed by atoms with Gasteiger partial charge in [-0.25, -0.2) is 15.1 Å². The van der Waals surface area contributed by atoms with Crippen LogP contribution in [0.1, 0.15) is 55.7 Å². The van der Waals surface area contributed by atoms with Crippen molar-refractivity contribution >= 4 is 33.2 Å². The molecule has 4 atom stereocenters. The summed E-state index contributed by atoms with van der Waals surface area (Å²) in [6, 6.07) is 7.39. The number of nitrogens with zero attached hydrogens (tertiary/aromatic N) is 2. The van der Waals surface area contributed by atoms with Crippen LogP contribution in [0.25, 0.3) is 0 Å². The fourth-order valence-electron chi connectivity index (χ4n) is 5.18. The summed E-state index contributed by atoms with van der Waals surface area (Å²) in [6.07, 6.45) is 3.41. The smallest absolute Gasteiger partial charge is 0.333 e. The van der Waals surface area contributed by atoms with E-state index in [1.165, 1.54) is 29.4 Å². The third kappa shape index (κ3) is 5.98. The average molecular weight is 575 g/mol. The Labute approximate surface area is 230 Å². The van der Waals surface area contributed by atoms with Crippen LogP contribution in [0.2, 0.25) is 0 Å². The molecule has 4 N–H and O–H groups in total. The third-order valence-corrected chi connectivity index (χ3v) is 8.75. The molecule has 0 bridgehead atoms. The monoisotopic (exact) mass is 574 g/mol. The van der Waals surface area contributed by atoms with Crippen molar-refractivity contribution in [2.75, 3.05) is 25.6 Å². The molecule has 3 aromatic rings. The summed E-state index contributed by atoms with van der Waals surface area (Å²) in [5.74, 6) is 0.365. The zero-order valence-corrected chi connectivity index (χ0v) is 23.1. The number of thiophene rings is 1. The van der Waals surface area contributed by atoms with Crippen LogP contribution in [0.3, 0.4) is 0 Å². The number of aliphatic hydroxyl groups is 1. The minimum absolute atomic E-state index is 0.219. The first-order chi connectivity index (χ1) is 18.6. The second kappa shape index (κ2) is 11.3. The van der Waals surface area contributed by atoms with E-state index in [1.807, 2.05) is 25.1 Å². The van der Waals surface area contributed by atoms with Crippen molar-refractivity contribution in [3.63, 3.8) is 0 Å². The van der Waals surface area contributed by atoms with Crippen LogP contribution in [0, 0.1) is 12.8 Å². The highest BCUT2D eigenvalue weighted by Gasteiger charge is 2.36. The molecule has 2 aliphatic rings. The number of ketones is 1. The number of aromatic nitrogens is 2. The number of nitrogens with one attached hydrogen (secondary N) is 1. The lowest BCUT2D eigenvalue weighted by molar-refractivity contribution is 0.0695. The Hall–Kier alpha value is -2.94. The van der Waals surface area contributed by atoms with Gasteiger partial charge in [0.15, 0.2) is 0 Å². The SMILES string of the molecule is COc1ccc2c(c1)C(c1cc(C(=O)c3cncnc3NC3CC[C@H](COS(N)(=O)=O)[C@H]3O)sc1C)OCC2. The second-order valence-corrected chi connectivity index (χ2v) is 12.1. The van der Waals surface area contributed by atoms with Gasteiger partial charge in [-0.05, 0) is 61.1 Å². The van der Waals surface area contributed by atoms with Gasteiger partial charge >= 0.3 is 10.3 Å². The number of carbonyl (C=O) groups is 1. The molecule has 1 fully saturated rings. The fourth-order valence-corrected chi connectivity index (χ4v) is 6.55. The van der Waals surface area contributed by atoms with Gasteiger partial charge in [0.05, 0.1) is 42.9 Å². The Balaban J connectivity index is 1.36. The normalized spacial score (nSPS) is 22.9. The number of nitrogens with two attached hydrogens (primary N) is 1. The first-order valence-corrected chi connectivity index (χ1v) is 14.8. The number of benzene rings is 1. The van der Waals surface area contributed by atoms with Gasteiger partial charge in [-0.15, -0.1) is 11.3 Å². The van der Waals surface area contributed by atoms with E-state index in [4.69, 9.17) is 14.6 Å². The van der Waals surface area contributed by atoms with E-state index in [1.54, 1.807) is 7.11 Å². The van der Waals surface area contributed by atoms with E-state index in [-0.39, 0.29) is 24.1 Å². The van der Waals surface area contributed by atoms with Gasteiger partial charge in [-0.3, -0.25) is 8.98 Å². The number of hydrogen-bond acceptors (Lipinski definition) is 11. The Morgan fingerprint density at radius 2 is 2.10 bits per heavy atom. The molecule has 2 aromatic heterocycles. The molecule has 0 amide bonds. The van der Waals surface area contributed by atoms with E-state index in [0.717, 1.165) is 28.2 Å². The molecule has 1 saturated carbocycles. The molecule has 1 aromatic carbocycles. The molecule has 0 radical (unpaired) electrons. The van der Waals surface area contributed by atoms with Crippen LogP contribution >= 0.6 is 11.3 Å². The molecule has 1 aliphatic heterocycles. The highest BCUT2D eigenvalue weighted by molar-refractivity contribution is 7.84. The molecular weight excluding hydrogens is 544 g/mol. The van der Waals surface area contributed by atoms with Crippen molar-refractivity contribution < 1.29 is 32.0 Å². The Bertz CT molecular complexity index is 1480. The van der Waals surface area contributed by atoms with Crippen molar-refractivity contribution in [3.05, 3.63) is 68.8 Å². The summed E-state index contributed by atoms with van der Waals surface area (Å²) in [5, 5.41) is 18.8. The largest absolute Gasteiger partial charge is 0.497 e. The van der Waals surface area contributed by atoms with Crippen LogP contribution < -0.4 is 15.2 Å². The molecule has 5 rings (SSSR count). The maximum absolute atomic E-state index is 13.7. The molecule has 1 aliphatic carbocycles. The van der Waals surface area contributed by atoms with E-state index in [9.17, 15) is 18.3 Å². The molecule has 0 spiro atoms. The van der Waals surface area contributed by atoms with Gasteiger partial charge < -0.3 is 19.9 Å². The molecule has 3 heterocycles. The summed E-state index contributed by atoms with van der Waals surface area (Å²) < 4.78 is 38.5. The fraction of sp³-hybridized carbons (Fsp3) is 0.423. The molecule has 39 heavy (non-hydrogen) atoms. The summed E-state index contributed by atoms with van der Waals surface area (Å²) in [7, 11) is -2.47. The van der Waals surface area contributed by atoms with Gasteiger partial charge in [0, 0.05) is 17.0 Å². The van der Waals surface area contributed by atoms with E-state index < -0.39 is 28.4 Å². The number of methoxy groups -OCH3 is 1. The Morgan fingerprint density at radius 3 is 2.87 bits per heavy atom. The van der Waals surface area contributed by atoms with Crippen molar-refractivity contribution in [1.82, 2.24) is 9.97 Å². The third-order valence-electron chi connectivity index (χ3n) is 7.22. The lowest BCUT2D eigenvalue weighted by Crippen LogP contribution is -2.35. The molecule has 13 heteroatoms. The number of rotatable bonds is 9. The van der Waals surface area contributed by atoms with E-state index in [2.05, 4.69) is 25.5 Å². The zero-order chi connectivity index (χ0) is 27.7. The van der Waals surface area contributed by atoms with Crippen molar-refractivity contribution in [1.29, 1.82) is 0 Å². The minimum atomic E-state index is -4.10. The number of aliphatic hydroxyl groups excluding tert-OH is 1. The highest BCUT2D eigenvalue weighted by atomic mass is 32.2. The van der Waals surface area contributed by atoms with Crippen molar-refractivity contribution in [2.45, 2.75) is 44.4 Å². The summed E-state index contributed by atoms with van der Waals surface area (Å²) in [5.41, 5.74) is 3.42. The molecule has 208 valence electrons. The first-order valence-electron chi connectivity index (χ1n) is 12.5. The van der Waals surface area contributed by atoms with Crippen LogP contribution in [0.5, 0.6) is 5.75 Å². The number of fused-ring (bicyclic) bond motifs is 1. The second-order valence-electron chi connectivity index (χ2n) is 9.66. The van der Waals surface area contributed by atoms with Gasteiger partial charge in [0.25, 0.3) is 0 Å². The number of aryl methyl sites for hydroxylation is 1. The maximum atomic E-state index is 13.7. The first kappa shape index (κ1) is 27.6. The van der Waals surface area contributed by atoms with E-state index >= 15 is 0 Å². The maximum Gasteiger partial charge on any atom is 0.333 e. The van der Waals surface area contributed by atoms with Crippen molar-refractivity contribution in [3.8, 4) is 5.75 Å². The van der Waals surface area contributed by atoms with Crippen LogP contribution in [-0.2, 0) is 25.6 Å². The van der Waals surface area contributed by atoms with Gasteiger partial charge in [0.1, 0.15) is 24.0 Å². The van der Waals surface area contributed by atoms with E-state index in [0.29, 0.717) is 30.1 Å². The lowest BCUT2D eigenvalue weighted by Gasteiger charge is -2.26. The molecule has 11 nitrogen and oxygen atoms in total. The van der Waals surface area contributed by atoms with Crippen LogP contribution in [0.15, 0.2) is 36.8 Å². The number of carbonyl (C=O) groups excluding carboxylic acids is 1. The predicted molar refractivity (Wildman–Crippen MR) is 144 cm³/mol. The standard InChI is InChI=1S/C26H30N4O7S2/c1-14-18(25-19-9-17(35-2)5-3-15(19)7-8-36-25)10-22(38-14)24(32)20-11-28-13-29-26(20)30-21-6-4-16(23(21)31)12-37-39(27,33)34/h3,5,9-11,13,16,21,23,25,31H,4,6-8,12H2,1-2H3,(H2,27,33,34)(H,28,29,30)/t16-,21?,23-,25?/m1/s1. The average Bonchev–Trinajstić information content (AvgIpc) is 3.48. The summed E-state index contributed by atoms with van der Waals surface area (Å²) in [4.78, 5) is 23.5. The lowest BCUT2D eigenvalue weighted by atomic mass is 9.92. The number of hydrogen-bond donors (Lipinski definition) is 3. The molecule has 0 saturated heterocycles. The molecular formula is C26H30N4O7S2. The van der Waals surface area contributed by atoms with Gasteiger partial charge in [0.2, 0.25) is 5.78 Å². The predicted octanol–water partition coefficient (Wildman–Crippen LogP) is 2.52. The van der Waals surface area contributed by atoms with Crippen LogP contribution in [-0.4, -0.2) is 61.7 Å². The Kier molecular flexibility index (Phi) is 7.99.